The van der Waals surface area contributed by atoms with Crippen LogP contribution in [0.25, 0.3) is 11.0 Å². The second-order valence-electron chi connectivity index (χ2n) is 6.25. The van der Waals surface area contributed by atoms with Crippen LogP contribution in [0.2, 0.25) is 0 Å². The van der Waals surface area contributed by atoms with E-state index in [1.165, 1.54) is 5.56 Å². The van der Waals surface area contributed by atoms with Crippen LogP contribution in [0.5, 0.6) is 0 Å². The van der Waals surface area contributed by atoms with E-state index in [1.54, 1.807) is 0 Å². The predicted octanol–water partition coefficient (Wildman–Crippen LogP) is 4.02. The van der Waals surface area contributed by atoms with E-state index in [4.69, 9.17) is 9.84 Å². The van der Waals surface area contributed by atoms with Crippen LogP contribution in [0.4, 0.5) is 0 Å². The van der Waals surface area contributed by atoms with Gasteiger partial charge in [0.1, 0.15) is 11.2 Å². The summed E-state index contributed by atoms with van der Waals surface area (Å²) < 4.78 is 7.16. The van der Waals surface area contributed by atoms with Crippen LogP contribution in [-0.2, 0) is 11.3 Å². The number of rotatable bonds is 5. The lowest BCUT2D eigenvalue weighted by Crippen LogP contribution is -2.10. The van der Waals surface area contributed by atoms with Crippen molar-refractivity contribution in [2.75, 3.05) is 6.61 Å². The first-order valence-corrected chi connectivity index (χ1v) is 8.33. The maximum absolute atomic E-state index is 12.1. The Morgan fingerprint density at radius 1 is 1.29 bits per heavy atom. The van der Waals surface area contributed by atoms with Crippen LogP contribution in [0.3, 0.4) is 0 Å². The number of H-pyrrole nitrogens is 1. The van der Waals surface area contributed by atoms with E-state index in [-0.39, 0.29) is 11.9 Å². The highest BCUT2D eigenvalue weighted by molar-refractivity contribution is 5.97. The monoisotopic (exact) mass is 325 g/mol. The molecule has 0 radical (unpaired) electrons. The second kappa shape index (κ2) is 6.51. The SMILES string of the molecule is CCOC(=O)c1[nH]c2c(C(C)C)n(Cc3ccccc3)nc2c1C. The van der Waals surface area contributed by atoms with Crippen LogP contribution < -0.4 is 0 Å². The summed E-state index contributed by atoms with van der Waals surface area (Å²) in [5.74, 6) is -0.0378. The number of hydrogen-bond donors (Lipinski definition) is 1. The summed E-state index contributed by atoms with van der Waals surface area (Å²) in [4.78, 5) is 15.3. The van der Waals surface area contributed by atoms with Gasteiger partial charge in [-0.25, -0.2) is 4.79 Å². The topological polar surface area (TPSA) is 59.9 Å². The van der Waals surface area contributed by atoms with Gasteiger partial charge in [0.25, 0.3) is 0 Å². The first-order valence-electron chi connectivity index (χ1n) is 8.33. The van der Waals surface area contributed by atoms with Crippen molar-refractivity contribution >= 4 is 17.0 Å². The molecule has 126 valence electrons. The van der Waals surface area contributed by atoms with Crippen LogP contribution in [0, 0.1) is 6.92 Å². The number of carbonyl (C=O) groups excluding carboxylic acids is 1. The first kappa shape index (κ1) is 16.3. The molecule has 0 aliphatic rings. The quantitative estimate of drug-likeness (QED) is 0.721. The Balaban J connectivity index is 2.08. The summed E-state index contributed by atoms with van der Waals surface area (Å²) in [5, 5.41) is 4.77. The van der Waals surface area contributed by atoms with Gasteiger partial charge in [-0.15, -0.1) is 0 Å². The Bertz CT molecular complexity index is 860. The number of benzene rings is 1. The van der Waals surface area contributed by atoms with Crippen molar-refractivity contribution in [3.63, 3.8) is 0 Å². The lowest BCUT2D eigenvalue weighted by atomic mass is 10.1. The zero-order chi connectivity index (χ0) is 17.3. The fourth-order valence-electron chi connectivity index (χ4n) is 3.07. The third kappa shape index (κ3) is 2.82. The summed E-state index contributed by atoms with van der Waals surface area (Å²) in [5.41, 5.74) is 5.43. The molecule has 0 amide bonds. The number of fused-ring (bicyclic) bond motifs is 1. The fraction of sp³-hybridized carbons (Fsp3) is 0.368. The van der Waals surface area contributed by atoms with E-state index in [0.717, 1.165) is 22.3 Å². The van der Waals surface area contributed by atoms with Gasteiger partial charge >= 0.3 is 5.97 Å². The van der Waals surface area contributed by atoms with Crippen molar-refractivity contribution in [1.29, 1.82) is 0 Å². The molecule has 0 aliphatic carbocycles. The summed E-state index contributed by atoms with van der Waals surface area (Å²) in [6.07, 6.45) is 0. The minimum atomic E-state index is -0.322. The van der Waals surface area contributed by atoms with E-state index in [1.807, 2.05) is 36.7 Å². The number of hydrogen-bond acceptors (Lipinski definition) is 3. The molecular weight excluding hydrogens is 302 g/mol. The highest BCUT2D eigenvalue weighted by Crippen LogP contribution is 2.29. The Morgan fingerprint density at radius 2 is 2.00 bits per heavy atom. The maximum atomic E-state index is 12.1. The molecule has 0 bridgehead atoms. The predicted molar refractivity (Wildman–Crippen MR) is 94.4 cm³/mol. The molecule has 0 saturated carbocycles. The molecule has 3 aromatic rings. The van der Waals surface area contributed by atoms with Crippen molar-refractivity contribution in [2.24, 2.45) is 0 Å². The summed E-state index contributed by atoms with van der Waals surface area (Å²) in [6, 6.07) is 10.3. The molecule has 0 fully saturated rings. The smallest absolute Gasteiger partial charge is 0.355 e. The first-order chi connectivity index (χ1) is 11.5. The second-order valence-corrected chi connectivity index (χ2v) is 6.25. The lowest BCUT2D eigenvalue weighted by molar-refractivity contribution is 0.0519. The third-order valence-corrected chi connectivity index (χ3v) is 4.17. The van der Waals surface area contributed by atoms with Gasteiger partial charge < -0.3 is 9.72 Å². The minimum absolute atomic E-state index is 0.284. The summed E-state index contributed by atoms with van der Waals surface area (Å²) in [6.45, 7) is 9.07. The molecule has 1 N–H and O–H groups in total. The van der Waals surface area contributed by atoms with Gasteiger partial charge in [-0.2, -0.15) is 5.10 Å². The van der Waals surface area contributed by atoms with Gasteiger partial charge in [-0.1, -0.05) is 44.2 Å². The molecule has 2 heterocycles. The number of carbonyl (C=O) groups is 1. The normalized spacial score (nSPS) is 11.4. The van der Waals surface area contributed by atoms with E-state index < -0.39 is 0 Å². The molecule has 0 aliphatic heterocycles. The standard InChI is InChI=1S/C19H23N3O2/c1-5-24-19(23)16-13(4)15-17(20-16)18(12(2)3)22(21-15)11-14-9-7-6-8-10-14/h6-10,12,20H,5,11H2,1-4H3. The van der Waals surface area contributed by atoms with Crippen LogP contribution in [0.15, 0.2) is 30.3 Å². The summed E-state index contributed by atoms with van der Waals surface area (Å²) >= 11 is 0. The van der Waals surface area contributed by atoms with E-state index in [0.29, 0.717) is 18.8 Å². The number of nitrogens with zero attached hydrogens (tertiary/aromatic N) is 2. The van der Waals surface area contributed by atoms with Gasteiger partial charge in [0.2, 0.25) is 0 Å². The van der Waals surface area contributed by atoms with Crippen molar-refractivity contribution in [2.45, 2.75) is 40.2 Å². The molecule has 24 heavy (non-hydrogen) atoms. The minimum Gasteiger partial charge on any atom is -0.461 e. The number of nitrogens with one attached hydrogen (secondary N) is 1. The van der Waals surface area contributed by atoms with E-state index >= 15 is 0 Å². The Hall–Kier alpha value is -2.56. The van der Waals surface area contributed by atoms with Crippen LogP contribution in [-0.4, -0.2) is 27.3 Å². The zero-order valence-corrected chi connectivity index (χ0v) is 14.6. The molecule has 5 nitrogen and oxygen atoms in total. The molecular formula is C19H23N3O2. The van der Waals surface area contributed by atoms with Gasteiger partial charge in [0, 0.05) is 5.56 Å². The molecule has 5 heteroatoms. The Kier molecular flexibility index (Phi) is 4.42. The molecule has 0 atom stereocenters. The van der Waals surface area contributed by atoms with Crippen LogP contribution in [0.1, 0.15) is 54.0 Å². The molecule has 3 rings (SSSR count). The number of aryl methyl sites for hydroxylation is 1. The average molecular weight is 325 g/mol. The molecule has 0 spiro atoms. The largest absolute Gasteiger partial charge is 0.461 e. The molecule has 1 aromatic carbocycles. The van der Waals surface area contributed by atoms with Gasteiger partial charge in [-0.3, -0.25) is 4.68 Å². The Labute approximate surface area is 141 Å². The summed E-state index contributed by atoms with van der Waals surface area (Å²) in [7, 11) is 0. The van der Waals surface area contributed by atoms with E-state index in [9.17, 15) is 4.79 Å². The highest BCUT2D eigenvalue weighted by atomic mass is 16.5. The maximum Gasteiger partial charge on any atom is 0.355 e. The lowest BCUT2D eigenvalue weighted by Gasteiger charge is -2.11. The number of aromatic amines is 1. The average Bonchev–Trinajstić information content (AvgIpc) is 3.05. The number of ether oxygens (including phenoxy) is 1. The van der Waals surface area contributed by atoms with E-state index in [2.05, 4.69) is 31.0 Å². The number of esters is 1. The Morgan fingerprint density at radius 3 is 2.62 bits per heavy atom. The fourth-order valence-corrected chi connectivity index (χ4v) is 3.07. The number of aromatic nitrogens is 3. The van der Waals surface area contributed by atoms with Crippen molar-refractivity contribution in [3.8, 4) is 0 Å². The van der Waals surface area contributed by atoms with Gasteiger partial charge in [0.15, 0.2) is 0 Å². The van der Waals surface area contributed by atoms with Crippen molar-refractivity contribution < 1.29 is 9.53 Å². The van der Waals surface area contributed by atoms with Gasteiger partial charge in [-0.05, 0) is 25.3 Å². The van der Waals surface area contributed by atoms with Gasteiger partial charge in [0.05, 0.1) is 24.4 Å². The molecule has 0 saturated heterocycles. The van der Waals surface area contributed by atoms with Crippen molar-refractivity contribution in [1.82, 2.24) is 14.8 Å². The zero-order valence-electron chi connectivity index (χ0n) is 14.6. The third-order valence-electron chi connectivity index (χ3n) is 4.17. The van der Waals surface area contributed by atoms with Crippen LogP contribution >= 0.6 is 0 Å². The highest BCUT2D eigenvalue weighted by Gasteiger charge is 2.23. The molecule has 0 unspecified atom stereocenters. The van der Waals surface area contributed by atoms with Crippen molar-refractivity contribution in [3.05, 3.63) is 52.8 Å². The molecule has 2 aromatic heterocycles.